The van der Waals surface area contributed by atoms with E-state index in [-0.39, 0.29) is 17.9 Å². The number of aromatic hydroxyl groups is 1. The van der Waals surface area contributed by atoms with E-state index in [9.17, 15) is 19.8 Å². The minimum Gasteiger partial charge on any atom is -0.504 e. The molecule has 0 unspecified atom stereocenters. The number of phenolic OH excluding ortho intramolecular Hbond substituents is 1. The summed E-state index contributed by atoms with van der Waals surface area (Å²) in [6.07, 6.45) is 0.0740. The number of phenols is 1. The van der Waals surface area contributed by atoms with E-state index < -0.39 is 17.9 Å². The maximum absolute atomic E-state index is 12.1. The van der Waals surface area contributed by atoms with Crippen LogP contribution in [-0.4, -0.2) is 35.2 Å². The molecule has 1 amide bonds. The summed E-state index contributed by atoms with van der Waals surface area (Å²) in [5.74, 6) is -1.37. The lowest BCUT2D eigenvalue weighted by atomic mass is 10.0. The first-order valence-corrected chi connectivity index (χ1v) is 6.96. The highest BCUT2D eigenvalue weighted by Crippen LogP contribution is 2.26. The van der Waals surface area contributed by atoms with Gasteiger partial charge in [0.25, 0.3) is 5.91 Å². The van der Waals surface area contributed by atoms with Crippen LogP contribution in [0.3, 0.4) is 0 Å². The zero-order chi connectivity index (χ0) is 16.8. The smallest absolute Gasteiger partial charge is 0.326 e. The largest absolute Gasteiger partial charge is 0.504 e. The number of rotatable bonds is 6. The normalized spacial score (nSPS) is 11.5. The average molecular weight is 315 g/mol. The third-order valence-corrected chi connectivity index (χ3v) is 3.32. The molecule has 2 rings (SSSR count). The highest BCUT2D eigenvalue weighted by molar-refractivity contribution is 5.96. The SMILES string of the molecule is COc1cc(C[C@H](NC(=O)c2ccccc2)C(=O)O)ccc1O. The topological polar surface area (TPSA) is 95.9 Å². The molecule has 0 heterocycles. The monoisotopic (exact) mass is 315 g/mol. The number of hydrogen-bond acceptors (Lipinski definition) is 4. The van der Waals surface area contributed by atoms with Gasteiger partial charge < -0.3 is 20.3 Å². The third-order valence-electron chi connectivity index (χ3n) is 3.32. The molecule has 0 spiro atoms. The van der Waals surface area contributed by atoms with Gasteiger partial charge in [0, 0.05) is 12.0 Å². The Morgan fingerprint density at radius 3 is 2.48 bits per heavy atom. The number of amides is 1. The molecule has 0 aliphatic rings. The molecule has 0 aliphatic heterocycles. The van der Waals surface area contributed by atoms with Crippen LogP contribution in [0.5, 0.6) is 11.5 Å². The Labute approximate surface area is 133 Å². The van der Waals surface area contributed by atoms with E-state index >= 15 is 0 Å². The third kappa shape index (κ3) is 4.23. The fourth-order valence-corrected chi connectivity index (χ4v) is 2.12. The van der Waals surface area contributed by atoms with E-state index in [2.05, 4.69) is 5.32 Å². The van der Waals surface area contributed by atoms with Crippen molar-refractivity contribution in [2.24, 2.45) is 0 Å². The van der Waals surface area contributed by atoms with Crippen LogP contribution in [-0.2, 0) is 11.2 Å². The second kappa shape index (κ2) is 7.31. The lowest BCUT2D eigenvalue weighted by Crippen LogP contribution is -2.42. The van der Waals surface area contributed by atoms with E-state index in [1.807, 2.05) is 0 Å². The summed E-state index contributed by atoms with van der Waals surface area (Å²) in [6.45, 7) is 0. The molecule has 23 heavy (non-hydrogen) atoms. The number of ether oxygens (including phenoxy) is 1. The minimum atomic E-state index is -1.14. The average Bonchev–Trinajstić information content (AvgIpc) is 2.56. The summed E-state index contributed by atoms with van der Waals surface area (Å²) in [4.78, 5) is 23.5. The van der Waals surface area contributed by atoms with Gasteiger partial charge in [-0.25, -0.2) is 4.79 Å². The molecule has 1 atom stereocenters. The van der Waals surface area contributed by atoms with E-state index in [1.54, 1.807) is 42.5 Å². The van der Waals surface area contributed by atoms with Gasteiger partial charge >= 0.3 is 5.97 Å². The van der Waals surface area contributed by atoms with Crippen LogP contribution in [0, 0.1) is 0 Å². The van der Waals surface area contributed by atoms with Crippen LogP contribution in [0.1, 0.15) is 15.9 Å². The van der Waals surface area contributed by atoms with E-state index in [4.69, 9.17) is 4.74 Å². The van der Waals surface area contributed by atoms with Crippen molar-refractivity contribution in [1.29, 1.82) is 0 Å². The predicted molar refractivity (Wildman–Crippen MR) is 83.7 cm³/mol. The van der Waals surface area contributed by atoms with Crippen molar-refractivity contribution in [3.05, 3.63) is 59.7 Å². The van der Waals surface area contributed by atoms with Crippen LogP contribution in [0.4, 0.5) is 0 Å². The number of nitrogens with one attached hydrogen (secondary N) is 1. The quantitative estimate of drug-likeness (QED) is 0.756. The number of aliphatic carboxylic acids is 1. The fraction of sp³-hybridized carbons (Fsp3) is 0.176. The summed E-state index contributed by atoms with van der Waals surface area (Å²) < 4.78 is 4.99. The van der Waals surface area contributed by atoms with Gasteiger partial charge in [0.2, 0.25) is 0 Å². The molecule has 2 aromatic carbocycles. The second-order valence-electron chi connectivity index (χ2n) is 4.94. The van der Waals surface area contributed by atoms with E-state index in [0.717, 1.165) is 0 Å². The number of carboxylic acid groups (broad SMARTS) is 1. The number of carbonyl (C=O) groups excluding carboxylic acids is 1. The first kappa shape index (κ1) is 16.4. The Bertz CT molecular complexity index is 699. The van der Waals surface area contributed by atoms with Gasteiger partial charge in [-0.2, -0.15) is 0 Å². The maximum atomic E-state index is 12.1. The molecule has 0 radical (unpaired) electrons. The van der Waals surface area contributed by atoms with Gasteiger partial charge in [0.15, 0.2) is 11.5 Å². The van der Waals surface area contributed by atoms with Crippen molar-refractivity contribution in [3.63, 3.8) is 0 Å². The molecule has 2 aromatic rings. The van der Waals surface area contributed by atoms with Gasteiger partial charge in [0.1, 0.15) is 6.04 Å². The Balaban J connectivity index is 2.13. The van der Waals surface area contributed by atoms with E-state index in [1.165, 1.54) is 13.2 Å². The zero-order valence-electron chi connectivity index (χ0n) is 12.5. The van der Waals surface area contributed by atoms with Gasteiger partial charge in [-0.05, 0) is 29.8 Å². The Morgan fingerprint density at radius 1 is 1.17 bits per heavy atom. The highest BCUT2D eigenvalue weighted by Gasteiger charge is 2.21. The van der Waals surface area contributed by atoms with Crippen molar-refractivity contribution >= 4 is 11.9 Å². The number of carbonyl (C=O) groups is 2. The Kier molecular flexibility index (Phi) is 5.19. The number of benzene rings is 2. The zero-order valence-corrected chi connectivity index (χ0v) is 12.5. The van der Waals surface area contributed by atoms with Crippen LogP contribution >= 0.6 is 0 Å². The first-order chi connectivity index (χ1) is 11.0. The molecule has 0 aromatic heterocycles. The molecule has 3 N–H and O–H groups in total. The van der Waals surface area contributed by atoms with Crippen LogP contribution < -0.4 is 10.1 Å². The molecule has 120 valence electrons. The number of hydrogen-bond donors (Lipinski definition) is 3. The van der Waals surface area contributed by atoms with E-state index in [0.29, 0.717) is 11.1 Å². The van der Waals surface area contributed by atoms with Crippen LogP contribution in [0.25, 0.3) is 0 Å². The standard InChI is InChI=1S/C17H17NO5/c1-23-15-10-11(7-8-14(15)19)9-13(17(21)22)18-16(20)12-5-3-2-4-6-12/h2-8,10,13,19H,9H2,1H3,(H,18,20)(H,21,22)/t13-/m0/s1. The van der Waals surface area contributed by atoms with Gasteiger partial charge in [-0.15, -0.1) is 0 Å². The summed E-state index contributed by atoms with van der Waals surface area (Å²) in [5, 5.41) is 21.4. The molecule has 0 bridgehead atoms. The van der Waals surface area contributed by atoms with Gasteiger partial charge in [0.05, 0.1) is 7.11 Å². The minimum absolute atomic E-state index is 0.0311. The maximum Gasteiger partial charge on any atom is 0.326 e. The predicted octanol–water partition coefficient (Wildman–Crippen LogP) is 1.83. The molecule has 0 saturated heterocycles. The lowest BCUT2D eigenvalue weighted by molar-refractivity contribution is -0.139. The number of carboxylic acids is 1. The van der Waals surface area contributed by atoms with Crippen molar-refractivity contribution in [3.8, 4) is 11.5 Å². The second-order valence-corrected chi connectivity index (χ2v) is 4.94. The summed E-state index contributed by atoms with van der Waals surface area (Å²) in [7, 11) is 1.41. The molecular weight excluding hydrogens is 298 g/mol. The van der Waals surface area contributed by atoms with Crippen LogP contribution in [0.15, 0.2) is 48.5 Å². The first-order valence-electron chi connectivity index (χ1n) is 6.96. The molecule has 6 heteroatoms. The molecule has 0 aliphatic carbocycles. The van der Waals surface area contributed by atoms with Crippen molar-refractivity contribution < 1.29 is 24.5 Å². The van der Waals surface area contributed by atoms with Crippen molar-refractivity contribution in [2.75, 3.05) is 7.11 Å². The van der Waals surface area contributed by atoms with Crippen LogP contribution in [0.2, 0.25) is 0 Å². The summed E-state index contributed by atoms with van der Waals surface area (Å²) in [5.41, 5.74) is 1.02. The number of methoxy groups -OCH3 is 1. The highest BCUT2D eigenvalue weighted by atomic mass is 16.5. The van der Waals surface area contributed by atoms with Gasteiger partial charge in [-0.3, -0.25) is 4.79 Å². The molecule has 0 saturated carbocycles. The lowest BCUT2D eigenvalue weighted by Gasteiger charge is -2.15. The Morgan fingerprint density at radius 2 is 1.87 bits per heavy atom. The fourth-order valence-electron chi connectivity index (χ4n) is 2.12. The summed E-state index contributed by atoms with van der Waals surface area (Å²) >= 11 is 0. The van der Waals surface area contributed by atoms with Crippen molar-refractivity contribution in [2.45, 2.75) is 12.5 Å². The summed E-state index contributed by atoms with van der Waals surface area (Å²) in [6, 6.07) is 11.9. The van der Waals surface area contributed by atoms with Crippen molar-refractivity contribution in [1.82, 2.24) is 5.32 Å². The molecular formula is C17H17NO5. The Hall–Kier alpha value is -3.02. The van der Waals surface area contributed by atoms with Gasteiger partial charge in [-0.1, -0.05) is 24.3 Å². The molecule has 0 fully saturated rings. The molecule has 6 nitrogen and oxygen atoms in total.